The summed E-state index contributed by atoms with van der Waals surface area (Å²) < 4.78 is 7.35. The van der Waals surface area contributed by atoms with Crippen LogP contribution >= 0.6 is 11.6 Å². The molecule has 4 rings (SSSR count). The van der Waals surface area contributed by atoms with Gasteiger partial charge in [0, 0.05) is 30.3 Å². The lowest BCUT2D eigenvalue weighted by molar-refractivity contribution is 0.00866. The van der Waals surface area contributed by atoms with Crippen molar-refractivity contribution in [3.8, 4) is 5.69 Å². The number of hydrogen-bond acceptors (Lipinski definition) is 3. The molecule has 1 fully saturated rings. The van der Waals surface area contributed by atoms with Crippen LogP contribution < -0.4 is 0 Å². The van der Waals surface area contributed by atoms with Crippen molar-refractivity contribution >= 4 is 17.4 Å². The fourth-order valence-corrected chi connectivity index (χ4v) is 3.73. The SMILES string of the molecule is O=C1CC2(CCOCC2)Cc2ncn(-c3ccc(Cl)cc3)c21. The summed E-state index contributed by atoms with van der Waals surface area (Å²) >= 11 is 5.94. The van der Waals surface area contributed by atoms with E-state index in [2.05, 4.69) is 4.98 Å². The first-order valence-corrected chi connectivity index (χ1v) is 7.98. The van der Waals surface area contributed by atoms with Crippen LogP contribution in [-0.4, -0.2) is 28.5 Å². The van der Waals surface area contributed by atoms with Gasteiger partial charge in [-0.1, -0.05) is 11.6 Å². The Morgan fingerprint density at radius 2 is 1.86 bits per heavy atom. The van der Waals surface area contributed by atoms with E-state index in [-0.39, 0.29) is 11.2 Å². The van der Waals surface area contributed by atoms with Crippen molar-refractivity contribution in [2.45, 2.75) is 25.7 Å². The Morgan fingerprint density at radius 3 is 2.59 bits per heavy atom. The van der Waals surface area contributed by atoms with Gasteiger partial charge in [0.05, 0.1) is 5.69 Å². The molecule has 0 atom stereocenters. The lowest BCUT2D eigenvalue weighted by Crippen LogP contribution is -2.38. The standard InChI is InChI=1S/C17H17ClN2O2/c18-12-1-3-13(4-2-12)20-11-19-14-9-17(5-7-22-8-6-17)10-15(21)16(14)20/h1-4,11H,5-10H2. The second-order valence-corrected chi connectivity index (χ2v) is 6.71. The Kier molecular flexibility index (Phi) is 3.31. The zero-order valence-electron chi connectivity index (χ0n) is 12.2. The summed E-state index contributed by atoms with van der Waals surface area (Å²) in [5.41, 5.74) is 2.64. The average molecular weight is 317 g/mol. The number of nitrogens with zero attached hydrogens (tertiary/aromatic N) is 2. The number of benzene rings is 1. The van der Waals surface area contributed by atoms with E-state index in [0.29, 0.717) is 11.4 Å². The van der Waals surface area contributed by atoms with Crippen LogP contribution in [0.25, 0.3) is 5.69 Å². The van der Waals surface area contributed by atoms with Gasteiger partial charge in [-0.2, -0.15) is 0 Å². The molecule has 4 nitrogen and oxygen atoms in total. The molecule has 2 aromatic rings. The number of hydrogen-bond donors (Lipinski definition) is 0. The van der Waals surface area contributed by atoms with Crippen LogP contribution in [0.1, 0.15) is 35.4 Å². The molecule has 2 aliphatic rings. The molecule has 114 valence electrons. The fraction of sp³-hybridized carbons (Fsp3) is 0.412. The van der Waals surface area contributed by atoms with E-state index in [4.69, 9.17) is 16.3 Å². The number of carbonyl (C=O) groups excluding carboxylic acids is 1. The third kappa shape index (κ3) is 2.27. The second kappa shape index (κ2) is 5.21. The fourth-order valence-electron chi connectivity index (χ4n) is 3.61. The van der Waals surface area contributed by atoms with E-state index in [1.165, 1.54) is 0 Å². The number of fused-ring (bicyclic) bond motifs is 1. The Bertz CT molecular complexity index is 715. The van der Waals surface area contributed by atoms with Crippen LogP contribution in [0.5, 0.6) is 0 Å². The maximum Gasteiger partial charge on any atom is 0.182 e. The van der Waals surface area contributed by atoms with E-state index < -0.39 is 0 Å². The Labute approximate surface area is 134 Å². The highest BCUT2D eigenvalue weighted by molar-refractivity contribution is 6.30. The summed E-state index contributed by atoms with van der Waals surface area (Å²) in [6.07, 6.45) is 5.13. The number of carbonyl (C=O) groups is 1. The van der Waals surface area contributed by atoms with Crippen LogP contribution in [0.3, 0.4) is 0 Å². The van der Waals surface area contributed by atoms with E-state index in [1.54, 1.807) is 6.33 Å². The highest BCUT2D eigenvalue weighted by Crippen LogP contribution is 2.42. The molecular weight excluding hydrogens is 300 g/mol. The molecule has 1 aliphatic heterocycles. The second-order valence-electron chi connectivity index (χ2n) is 6.28. The zero-order chi connectivity index (χ0) is 15.2. The largest absolute Gasteiger partial charge is 0.381 e. The highest BCUT2D eigenvalue weighted by Gasteiger charge is 2.42. The Hall–Kier alpha value is -1.65. The smallest absolute Gasteiger partial charge is 0.182 e. The summed E-state index contributed by atoms with van der Waals surface area (Å²) in [7, 11) is 0. The van der Waals surface area contributed by atoms with E-state index in [0.717, 1.165) is 49.6 Å². The van der Waals surface area contributed by atoms with Gasteiger partial charge in [0.1, 0.15) is 12.0 Å². The van der Waals surface area contributed by atoms with Crippen molar-refractivity contribution < 1.29 is 9.53 Å². The molecule has 0 saturated carbocycles. The molecule has 0 N–H and O–H groups in total. The van der Waals surface area contributed by atoms with Crippen LogP contribution in [0, 0.1) is 5.41 Å². The summed E-state index contributed by atoms with van der Waals surface area (Å²) in [5, 5.41) is 0.685. The molecule has 1 aliphatic carbocycles. The lowest BCUT2D eigenvalue weighted by Gasteiger charge is -2.39. The zero-order valence-corrected chi connectivity index (χ0v) is 13.0. The maximum atomic E-state index is 12.8. The molecule has 1 aromatic carbocycles. The number of aromatic nitrogens is 2. The van der Waals surface area contributed by atoms with Crippen molar-refractivity contribution in [1.82, 2.24) is 9.55 Å². The van der Waals surface area contributed by atoms with Crippen molar-refractivity contribution in [2.24, 2.45) is 5.41 Å². The monoisotopic (exact) mass is 316 g/mol. The molecule has 2 heterocycles. The molecule has 1 saturated heterocycles. The third-order valence-electron chi connectivity index (χ3n) is 4.84. The van der Waals surface area contributed by atoms with Gasteiger partial charge in [0.2, 0.25) is 0 Å². The lowest BCUT2D eigenvalue weighted by atomic mass is 9.69. The van der Waals surface area contributed by atoms with Crippen LogP contribution in [0.15, 0.2) is 30.6 Å². The van der Waals surface area contributed by atoms with Crippen molar-refractivity contribution in [3.05, 3.63) is 47.0 Å². The normalized spacial score (nSPS) is 20.1. The van der Waals surface area contributed by atoms with Gasteiger partial charge < -0.3 is 4.74 Å². The number of imidazole rings is 1. The summed E-state index contributed by atoms with van der Waals surface area (Å²) in [6, 6.07) is 7.49. The minimum atomic E-state index is 0.0571. The Morgan fingerprint density at radius 1 is 1.14 bits per heavy atom. The molecule has 0 unspecified atom stereocenters. The first-order valence-electron chi connectivity index (χ1n) is 7.60. The predicted octanol–water partition coefficient (Wildman–Crippen LogP) is 3.45. The molecule has 5 heteroatoms. The summed E-state index contributed by atoms with van der Waals surface area (Å²) in [6.45, 7) is 1.50. The third-order valence-corrected chi connectivity index (χ3v) is 5.10. The molecule has 22 heavy (non-hydrogen) atoms. The first kappa shape index (κ1) is 14.0. The number of halogens is 1. The minimum Gasteiger partial charge on any atom is -0.381 e. The molecule has 1 aromatic heterocycles. The van der Waals surface area contributed by atoms with E-state index >= 15 is 0 Å². The average Bonchev–Trinajstić information content (AvgIpc) is 2.92. The number of ether oxygens (including phenoxy) is 1. The molecule has 1 spiro atoms. The van der Waals surface area contributed by atoms with E-state index in [1.807, 2.05) is 28.8 Å². The van der Waals surface area contributed by atoms with Gasteiger partial charge in [0.25, 0.3) is 0 Å². The van der Waals surface area contributed by atoms with Gasteiger partial charge in [-0.05, 0) is 48.9 Å². The van der Waals surface area contributed by atoms with Crippen LogP contribution in [-0.2, 0) is 11.2 Å². The molecule has 0 amide bonds. The topological polar surface area (TPSA) is 44.1 Å². The number of Topliss-reactive ketones (excluding diaryl/α,β-unsaturated/α-hetero) is 1. The van der Waals surface area contributed by atoms with Crippen LogP contribution in [0.4, 0.5) is 0 Å². The van der Waals surface area contributed by atoms with Gasteiger partial charge in [-0.15, -0.1) is 0 Å². The van der Waals surface area contributed by atoms with Gasteiger partial charge >= 0.3 is 0 Å². The molecule has 0 bridgehead atoms. The van der Waals surface area contributed by atoms with Gasteiger partial charge in [-0.3, -0.25) is 9.36 Å². The minimum absolute atomic E-state index is 0.0571. The van der Waals surface area contributed by atoms with Crippen molar-refractivity contribution in [1.29, 1.82) is 0 Å². The predicted molar refractivity (Wildman–Crippen MR) is 83.7 cm³/mol. The number of ketones is 1. The Balaban J connectivity index is 1.73. The van der Waals surface area contributed by atoms with E-state index in [9.17, 15) is 4.79 Å². The van der Waals surface area contributed by atoms with Crippen molar-refractivity contribution in [2.75, 3.05) is 13.2 Å². The quantitative estimate of drug-likeness (QED) is 0.809. The van der Waals surface area contributed by atoms with Crippen LogP contribution in [0.2, 0.25) is 5.02 Å². The molecular formula is C17H17ClN2O2. The van der Waals surface area contributed by atoms with Crippen molar-refractivity contribution in [3.63, 3.8) is 0 Å². The number of rotatable bonds is 1. The molecule has 0 radical (unpaired) electrons. The first-order chi connectivity index (χ1) is 10.7. The summed E-state index contributed by atoms with van der Waals surface area (Å²) in [5.74, 6) is 0.190. The summed E-state index contributed by atoms with van der Waals surface area (Å²) in [4.78, 5) is 17.3. The van der Waals surface area contributed by atoms with Gasteiger partial charge in [0.15, 0.2) is 5.78 Å². The maximum absolute atomic E-state index is 12.8. The van der Waals surface area contributed by atoms with Gasteiger partial charge in [-0.25, -0.2) is 4.98 Å². The highest BCUT2D eigenvalue weighted by atomic mass is 35.5.